The number of para-hydroxylation sites is 1. The van der Waals surface area contributed by atoms with Gasteiger partial charge < -0.3 is 0 Å². The van der Waals surface area contributed by atoms with Crippen molar-refractivity contribution < 1.29 is 9.18 Å². The molecule has 6 heteroatoms. The SMILES string of the molecule is Cc1ccc(N(C(=O)C2Cc3ccccc3S2)c2nc3ccccc3s2)cc1F. The third-order valence-electron chi connectivity index (χ3n) is 5.03. The maximum absolute atomic E-state index is 14.4. The van der Waals surface area contributed by atoms with E-state index in [-0.39, 0.29) is 17.0 Å². The number of thiazole rings is 1. The van der Waals surface area contributed by atoms with E-state index in [1.54, 1.807) is 35.7 Å². The fourth-order valence-electron chi connectivity index (χ4n) is 3.47. The molecule has 1 aromatic heterocycles. The molecule has 0 N–H and O–H groups in total. The molecule has 1 atom stereocenters. The normalized spacial score (nSPS) is 15.4. The first kappa shape index (κ1) is 18.3. The molecule has 0 saturated heterocycles. The predicted molar refractivity (Wildman–Crippen MR) is 118 cm³/mol. The maximum atomic E-state index is 14.4. The van der Waals surface area contributed by atoms with Crippen LogP contribution < -0.4 is 4.90 Å². The van der Waals surface area contributed by atoms with Crippen LogP contribution in [0.2, 0.25) is 0 Å². The van der Waals surface area contributed by atoms with Crippen LogP contribution in [0.25, 0.3) is 10.2 Å². The van der Waals surface area contributed by atoms with Crippen LogP contribution in [0, 0.1) is 12.7 Å². The Labute approximate surface area is 176 Å². The summed E-state index contributed by atoms with van der Waals surface area (Å²) in [7, 11) is 0. The first-order valence-electron chi connectivity index (χ1n) is 9.30. The Morgan fingerprint density at radius 3 is 2.69 bits per heavy atom. The molecule has 1 unspecified atom stereocenters. The van der Waals surface area contributed by atoms with E-state index in [0.29, 0.717) is 22.8 Å². The number of thioether (sulfide) groups is 1. The summed E-state index contributed by atoms with van der Waals surface area (Å²) in [5.41, 5.74) is 3.07. The molecule has 0 spiro atoms. The minimum absolute atomic E-state index is 0.0755. The molecule has 0 fully saturated rings. The van der Waals surface area contributed by atoms with Crippen LogP contribution in [-0.2, 0) is 11.2 Å². The standard InChI is InChI=1S/C23H17FN2OS2/c1-14-10-11-16(13-17(14)24)26(23-25-18-7-3-5-9-20(18)29-23)22(27)21-12-15-6-2-4-8-19(15)28-21/h2-11,13,21H,12H2,1H3. The molecule has 4 aromatic rings. The fraction of sp³-hybridized carbons (Fsp3) is 0.130. The average molecular weight is 421 g/mol. The Kier molecular flexibility index (Phi) is 4.60. The molecule has 144 valence electrons. The zero-order valence-electron chi connectivity index (χ0n) is 15.6. The van der Waals surface area contributed by atoms with E-state index < -0.39 is 0 Å². The summed E-state index contributed by atoms with van der Waals surface area (Å²) >= 11 is 3.01. The van der Waals surface area contributed by atoms with E-state index in [9.17, 15) is 9.18 Å². The molecule has 29 heavy (non-hydrogen) atoms. The lowest BCUT2D eigenvalue weighted by Crippen LogP contribution is -2.34. The lowest BCUT2D eigenvalue weighted by atomic mass is 10.1. The van der Waals surface area contributed by atoms with E-state index in [2.05, 4.69) is 11.1 Å². The summed E-state index contributed by atoms with van der Waals surface area (Å²) in [6, 6.07) is 20.8. The summed E-state index contributed by atoms with van der Waals surface area (Å²) < 4.78 is 15.4. The van der Waals surface area contributed by atoms with Gasteiger partial charge in [0.2, 0.25) is 5.91 Å². The molecule has 3 nitrogen and oxygen atoms in total. The van der Waals surface area contributed by atoms with Crippen molar-refractivity contribution in [1.29, 1.82) is 0 Å². The molecule has 0 aliphatic carbocycles. The second-order valence-corrected chi connectivity index (χ2v) is 9.24. The predicted octanol–water partition coefficient (Wildman–Crippen LogP) is 6.13. The van der Waals surface area contributed by atoms with Gasteiger partial charge in [-0.3, -0.25) is 9.69 Å². The summed E-state index contributed by atoms with van der Waals surface area (Å²) in [5, 5.41) is 0.305. The number of carbonyl (C=O) groups is 1. The Balaban J connectivity index is 1.58. The molecule has 1 aliphatic rings. The van der Waals surface area contributed by atoms with Gasteiger partial charge in [0.25, 0.3) is 0 Å². The first-order chi connectivity index (χ1) is 14.1. The number of aromatic nitrogens is 1. The van der Waals surface area contributed by atoms with Gasteiger partial charge >= 0.3 is 0 Å². The number of carbonyl (C=O) groups excluding carboxylic acids is 1. The van der Waals surface area contributed by atoms with Crippen LogP contribution in [0.1, 0.15) is 11.1 Å². The highest BCUT2D eigenvalue weighted by molar-refractivity contribution is 8.01. The Hall–Kier alpha value is -2.70. The van der Waals surface area contributed by atoms with Crippen molar-refractivity contribution in [2.24, 2.45) is 0 Å². The van der Waals surface area contributed by atoms with E-state index in [4.69, 9.17) is 0 Å². The molecule has 0 bridgehead atoms. The van der Waals surface area contributed by atoms with Crippen LogP contribution >= 0.6 is 23.1 Å². The van der Waals surface area contributed by atoms with Crippen molar-refractivity contribution in [2.45, 2.75) is 23.5 Å². The highest BCUT2D eigenvalue weighted by Gasteiger charge is 2.34. The number of fused-ring (bicyclic) bond motifs is 2. The Morgan fingerprint density at radius 1 is 1.10 bits per heavy atom. The van der Waals surface area contributed by atoms with E-state index >= 15 is 0 Å². The summed E-state index contributed by atoms with van der Waals surface area (Å²) in [6.45, 7) is 1.71. The molecular weight excluding hydrogens is 403 g/mol. The topological polar surface area (TPSA) is 33.2 Å². The number of aryl methyl sites for hydroxylation is 1. The van der Waals surface area contributed by atoms with Crippen LogP contribution in [0.4, 0.5) is 15.2 Å². The fourth-order valence-corrected chi connectivity index (χ4v) is 5.70. The Bertz CT molecular complexity index is 1180. The minimum atomic E-state index is -0.330. The molecule has 0 saturated carbocycles. The third-order valence-corrected chi connectivity index (χ3v) is 7.36. The number of anilines is 2. The molecule has 3 aromatic carbocycles. The smallest absolute Gasteiger partial charge is 0.247 e. The lowest BCUT2D eigenvalue weighted by molar-refractivity contribution is -0.117. The number of benzene rings is 3. The molecule has 1 amide bonds. The largest absolute Gasteiger partial charge is 0.273 e. The van der Waals surface area contributed by atoms with Gasteiger partial charge in [-0.25, -0.2) is 9.37 Å². The monoisotopic (exact) mass is 420 g/mol. The van der Waals surface area contributed by atoms with Crippen molar-refractivity contribution in [3.63, 3.8) is 0 Å². The van der Waals surface area contributed by atoms with Gasteiger partial charge in [-0.2, -0.15) is 0 Å². The van der Waals surface area contributed by atoms with Crippen LogP contribution in [0.15, 0.2) is 71.6 Å². The molecule has 0 radical (unpaired) electrons. The second kappa shape index (κ2) is 7.28. The number of hydrogen-bond donors (Lipinski definition) is 0. The third kappa shape index (κ3) is 3.32. The number of amides is 1. The van der Waals surface area contributed by atoms with Crippen LogP contribution in [0.3, 0.4) is 0 Å². The molecule has 1 aliphatic heterocycles. The average Bonchev–Trinajstić information content (AvgIpc) is 3.34. The molecule has 5 rings (SSSR count). The number of halogens is 1. The lowest BCUT2D eigenvalue weighted by Gasteiger charge is -2.23. The number of nitrogens with zero attached hydrogens (tertiary/aromatic N) is 2. The van der Waals surface area contributed by atoms with Gasteiger partial charge in [0.1, 0.15) is 5.82 Å². The minimum Gasteiger partial charge on any atom is -0.273 e. The van der Waals surface area contributed by atoms with Crippen molar-refractivity contribution >= 4 is 50.0 Å². The highest BCUT2D eigenvalue weighted by atomic mass is 32.2. The first-order valence-corrected chi connectivity index (χ1v) is 11.0. The van der Waals surface area contributed by atoms with E-state index in [0.717, 1.165) is 15.1 Å². The van der Waals surface area contributed by atoms with E-state index in [1.807, 2.05) is 42.5 Å². The van der Waals surface area contributed by atoms with Crippen molar-refractivity contribution in [1.82, 2.24) is 4.98 Å². The zero-order chi connectivity index (χ0) is 20.0. The van der Waals surface area contributed by atoms with Gasteiger partial charge in [0.05, 0.1) is 21.2 Å². The van der Waals surface area contributed by atoms with Gasteiger partial charge in [-0.05, 0) is 54.8 Å². The van der Waals surface area contributed by atoms with Gasteiger partial charge in [-0.15, -0.1) is 11.8 Å². The number of rotatable bonds is 3. The summed E-state index contributed by atoms with van der Waals surface area (Å²) in [4.78, 5) is 21.0. The second-order valence-electron chi connectivity index (χ2n) is 6.99. The van der Waals surface area contributed by atoms with Crippen LogP contribution in [-0.4, -0.2) is 16.1 Å². The van der Waals surface area contributed by atoms with Gasteiger partial charge in [-0.1, -0.05) is 47.7 Å². The number of hydrogen-bond acceptors (Lipinski definition) is 4. The molecular formula is C23H17FN2OS2. The zero-order valence-corrected chi connectivity index (χ0v) is 17.3. The summed E-state index contributed by atoms with van der Waals surface area (Å²) in [5.74, 6) is -0.405. The van der Waals surface area contributed by atoms with Crippen LogP contribution in [0.5, 0.6) is 0 Å². The van der Waals surface area contributed by atoms with Crippen molar-refractivity contribution in [3.8, 4) is 0 Å². The highest BCUT2D eigenvalue weighted by Crippen LogP contribution is 2.41. The maximum Gasteiger partial charge on any atom is 0.247 e. The quantitative estimate of drug-likeness (QED) is 0.400. The van der Waals surface area contributed by atoms with Crippen molar-refractivity contribution in [2.75, 3.05) is 4.90 Å². The van der Waals surface area contributed by atoms with E-state index in [1.165, 1.54) is 23.0 Å². The van der Waals surface area contributed by atoms with Gasteiger partial charge in [0.15, 0.2) is 5.13 Å². The van der Waals surface area contributed by atoms with Gasteiger partial charge in [0, 0.05) is 4.90 Å². The Morgan fingerprint density at radius 2 is 1.90 bits per heavy atom. The molecule has 2 heterocycles. The summed E-state index contributed by atoms with van der Waals surface area (Å²) in [6.07, 6.45) is 0.662. The van der Waals surface area contributed by atoms with Crippen molar-refractivity contribution in [3.05, 3.63) is 83.7 Å².